The van der Waals surface area contributed by atoms with Gasteiger partial charge in [-0.3, -0.25) is 4.79 Å². The van der Waals surface area contributed by atoms with Crippen LogP contribution in [-0.4, -0.2) is 48.2 Å². The summed E-state index contributed by atoms with van der Waals surface area (Å²) in [6.07, 6.45) is -0.265. The minimum absolute atomic E-state index is 0.0499. The second-order valence-corrected chi connectivity index (χ2v) is 5.54. The van der Waals surface area contributed by atoms with Crippen molar-refractivity contribution in [3.8, 4) is 0 Å². The van der Waals surface area contributed by atoms with Gasteiger partial charge in [0.25, 0.3) is 0 Å². The molecule has 1 fully saturated rings. The lowest BCUT2D eigenvalue weighted by molar-refractivity contribution is -0.132. The number of halogens is 2. The van der Waals surface area contributed by atoms with Crippen LogP contribution in [0.2, 0.25) is 10.0 Å². The molecule has 1 heterocycles. The number of carbonyl (C=O) groups is 1. The minimum Gasteiger partial charge on any atom is -0.390 e. The van der Waals surface area contributed by atoms with Gasteiger partial charge in [-0.2, -0.15) is 0 Å². The Bertz CT molecular complexity index is 482. The van der Waals surface area contributed by atoms with E-state index < -0.39 is 6.10 Å². The number of nitrogens with one attached hydrogen (secondary N) is 1. The molecular weight excluding hydrogens is 287 g/mol. The van der Waals surface area contributed by atoms with Crippen LogP contribution in [-0.2, 0) is 11.2 Å². The molecule has 2 N–H and O–H groups in total. The van der Waals surface area contributed by atoms with E-state index in [0.29, 0.717) is 23.1 Å². The number of hydrogen-bond donors (Lipinski definition) is 2. The second kappa shape index (κ2) is 6.09. The molecule has 2 rings (SSSR count). The van der Waals surface area contributed by atoms with E-state index in [2.05, 4.69) is 5.32 Å². The van der Waals surface area contributed by atoms with Crippen LogP contribution in [0.15, 0.2) is 18.2 Å². The van der Waals surface area contributed by atoms with Gasteiger partial charge < -0.3 is 15.3 Å². The summed E-state index contributed by atoms with van der Waals surface area (Å²) in [5.74, 6) is -0.0499. The highest BCUT2D eigenvalue weighted by Gasteiger charge is 2.30. The van der Waals surface area contributed by atoms with Gasteiger partial charge in [-0.15, -0.1) is 0 Å². The maximum absolute atomic E-state index is 12.2. The van der Waals surface area contributed by atoms with Gasteiger partial charge in [0.05, 0.1) is 28.6 Å². The molecule has 1 saturated heterocycles. The fourth-order valence-electron chi connectivity index (χ4n) is 2.18. The molecule has 4 nitrogen and oxygen atoms in total. The smallest absolute Gasteiger partial charge is 0.227 e. The van der Waals surface area contributed by atoms with Crippen LogP contribution in [0.4, 0.5) is 0 Å². The number of aliphatic hydroxyl groups is 1. The summed E-state index contributed by atoms with van der Waals surface area (Å²) in [4.78, 5) is 13.7. The summed E-state index contributed by atoms with van der Waals surface area (Å²) < 4.78 is 0. The van der Waals surface area contributed by atoms with Gasteiger partial charge in [-0.1, -0.05) is 29.3 Å². The van der Waals surface area contributed by atoms with Crippen LogP contribution in [0, 0.1) is 0 Å². The Morgan fingerprint density at radius 3 is 2.74 bits per heavy atom. The normalized spacial score (nSPS) is 22.5. The largest absolute Gasteiger partial charge is 0.390 e. The van der Waals surface area contributed by atoms with Crippen LogP contribution < -0.4 is 5.32 Å². The molecule has 1 aromatic rings. The van der Waals surface area contributed by atoms with Crippen molar-refractivity contribution in [1.29, 1.82) is 0 Å². The van der Waals surface area contributed by atoms with E-state index in [1.807, 2.05) is 0 Å². The number of nitrogens with zero attached hydrogens (tertiary/aromatic N) is 1. The number of carbonyl (C=O) groups excluding carboxylic acids is 1. The first-order valence-electron chi connectivity index (χ1n) is 6.07. The first-order chi connectivity index (χ1) is 8.99. The summed E-state index contributed by atoms with van der Waals surface area (Å²) >= 11 is 11.8. The van der Waals surface area contributed by atoms with E-state index in [0.717, 1.165) is 5.56 Å². The molecule has 1 aliphatic rings. The molecule has 0 spiro atoms. The topological polar surface area (TPSA) is 52.6 Å². The van der Waals surface area contributed by atoms with Gasteiger partial charge in [0.2, 0.25) is 5.91 Å². The zero-order valence-corrected chi connectivity index (χ0v) is 12.1. The van der Waals surface area contributed by atoms with E-state index in [4.69, 9.17) is 23.2 Å². The highest BCUT2D eigenvalue weighted by atomic mass is 35.5. The molecule has 0 unspecified atom stereocenters. The maximum Gasteiger partial charge on any atom is 0.227 e. The molecule has 2 atom stereocenters. The molecule has 0 aromatic heterocycles. The average Bonchev–Trinajstić information content (AvgIpc) is 2.79. The number of benzene rings is 1. The van der Waals surface area contributed by atoms with Crippen molar-refractivity contribution in [1.82, 2.24) is 10.2 Å². The van der Waals surface area contributed by atoms with E-state index >= 15 is 0 Å². The minimum atomic E-state index is -0.511. The second-order valence-electron chi connectivity index (χ2n) is 4.72. The first-order valence-corrected chi connectivity index (χ1v) is 6.83. The Morgan fingerprint density at radius 1 is 1.42 bits per heavy atom. The quantitative estimate of drug-likeness (QED) is 0.886. The van der Waals surface area contributed by atoms with E-state index in [-0.39, 0.29) is 18.4 Å². The van der Waals surface area contributed by atoms with Crippen molar-refractivity contribution in [3.05, 3.63) is 33.8 Å². The molecular formula is C13H16Cl2N2O2. The lowest BCUT2D eigenvalue weighted by Gasteiger charge is -2.26. The fourth-order valence-corrected chi connectivity index (χ4v) is 2.50. The van der Waals surface area contributed by atoms with Crippen molar-refractivity contribution in [2.24, 2.45) is 0 Å². The van der Waals surface area contributed by atoms with E-state index in [1.165, 1.54) is 0 Å². The number of hydrogen-bond acceptors (Lipinski definition) is 3. The van der Waals surface area contributed by atoms with Crippen LogP contribution in [0.1, 0.15) is 5.56 Å². The fraction of sp³-hybridized carbons (Fsp3) is 0.462. The maximum atomic E-state index is 12.2. The number of amides is 1. The summed E-state index contributed by atoms with van der Waals surface area (Å²) in [6, 6.07) is 4.98. The van der Waals surface area contributed by atoms with Crippen LogP contribution >= 0.6 is 23.2 Å². The lowest BCUT2D eigenvalue weighted by atomic mass is 10.1. The van der Waals surface area contributed by atoms with Crippen LogP contribution in [0.25, 0.3) is 0 Å². The Hall–Kier alpha value is -0.810. The summed E-state index contributed by atoms with van der Waals surface area (Å²) in [6.45, 7) is 1.14. The Morgan fingerprint density at radius 2 is 2.16 bits per heavy atom. The van der Waals surface area contributed by atoms with Gasteiger partial charge >= 0.3 is 0 Å². The van der Waals surface area contributed by atoms with Crippen LogP contribution in [0.5, 0.6) is 0 Å². The SMILES string of the molecule is CN(C(=O)Cc1ccc(Cl)c(Cl)c1)[C@H]1CNC[C@@H]1O. The molecule has 0 saturated carbocycles. The number of β-amino-alcohol motifs (C(OH)–C–C–N with tert-alkyl or cyclic N) is 1. The molecule has 1 aliphatic heterocycles. The molecule has 19 heavy (non-hydrogen) atoms. The van der Waals surface area contributed by atoms with Gasteiger partial charge in [0, 0.05) is 20.1 Å². The summed E-state index contributed by atoms with van der Waals surface area (Å²) in [7, 11) is 1.71. The zero-order chi connectivity index (χ0) is 14.0. The van der Waals surface area contributed by atoms with Gasteiger partial charge in [0.15, 0.2) is 0 Å². The third-order valence-electron chi connectivity index (χ3n) is 3.38. The van der Waals surface area contributed by atoms with Gasteiger partial charge in [-0.25, -0.2) is 0 Å². The monoisotopic (exact) mass is 302 g/mol. The van der Waals surface area contributed by atoms with Crippen molar-refractivity contribution >= 4 is 29.1 Å². The third-order valence-corrected chi connectivity index (χ3v) is 4.12. The number of likely N-dealkylation sites (N-methyl/N-ethyl adjacent to an activating group) is 1. The molecule has 1 aromatic carbocycles. The molecule has 0 radical (unpaired) electrons. The Balaban J connectivity index is 2.02. The Labute approximate surface area is 122 Å². The highest BCUT2D eigenvalue weighted by Crippen LogP contribution is 2.23. The van der Waals surface area contributed by atoms with Crippen molar-refractivity contribution in [2.75, 3.05) is 20.1 Å². The molecule has 104 valence electrons. The van der Waals surface area contributed by atoms with Gasteiger partial charge in [-0.05, 0) is 17.7 Å². The average molecular weight is 303 g/mol. The first kappa shape index (κ1) is 14.6. The summed E-state index contributed by atoms with van der Waals surface area (Å²) in [5.41, 5.74) is 0.812. The predicted octanol–water partition coefficient (Wildman–Crippen LogP) is 1.33. The molecule has 6 heteroatoms. The standard InChI is InChI=1S/C13H16Cl2N2O2/c1-17(11-6-16-7-12(11)18)13(19)5-8-2-3-9(14)10(15)4-8/h2-4,11-12,16,18H,5-7H2,1H3/t11-,12-/m0/s1. The molecule has 0 aliphatic carbocycles. The van der Waals surface area contributed by atoms with E-state index in [9.17, 15) is 9.90 Å². The number of aliphatic hydroxyl groups excluding tert-OH is 1. The zero-order valence-electron chi connectivity index (χ0n) is 10.6. The molecule has 1 amide bonds. The highest BCUT2D eigenvalue weighted by molar-refractivity contribution is 6.42. The number of rotatable bonds is 3. The van der Waals surface area contributed by atoms with Crippen LogP contribution in [0.3, 0.4) is 0 Å². The molecule has 0 bridgehead atoms. The summed E-state index contributed by atoms with van der Waals surface area (Å²) in [5, 5.41) is 13.7. The Kier molecular flexibility index (Phi) is 4.68. The van der Waals surface area contributed by atoms with Crippen molar-refractivity contribution in [3.63, 3.8) is 0 Å². The van der Waals surface area contributed by atoms with E-state index in [1.54, 1.807) is 30.1 Å². The van der Waals surface area contributed by atoms with Gasteiger partial charge in [0.1, 0.15) is 0 Å². The predicted molar refractivity (Wildman–Crippen MR) is 75.6 cm³/mol. The lowest BCUT2D eigenvalue weighted by Crippen LogP contribution is -2.44. The third kappa shape index (κ3) is 3.39. The van der Waals surface area contributed by atoms with Crippen molar-refractivity contribution in [2.45, 2.75) is 18.6 Å². The van der Waals surface area contributed by atoms with Crippen molar-refractivity contribution < 1.29 is 9.90 Å².